The number of carbonyl (C=O) groups excluding carboxylic acids is 2. The van der Waals surface area contributed by atoms with Crippen LogP contribution in [0.4, 0.5) is 0 Å². The van der Waals surface area contributed by atoms with Crippen molar-refractivity contribution in [3.05, 3.63) is 65.7 Å². The van der Waals surface area contributed by atoms with Crippen LogP contribution >= 0.6 is 0 Å². The summed E-state index contributed by atoms with van der Waals surface area (Å²) in [5, 5.41) is 3.02. The van der Waals surface area contributed by atoms with E-state index in [2.05, 4.69) is 19.2 Å². The van der Waals surface area contributed by atoms with Gasteiger partial charge in [-0.15, -0.1) is 0 Å². The Labute approximate surface area is 179 Å². The first-order valence-electron chi connectivity index (χ1n) is 10.8. The summed E-state index contributed by atoms with van der Waals surface area (Å²) >= 11 is 0. The van der Waals surface area contributed by atoms with Crippen molar-refractivity contribution in [3.63, 3.8) is 0 Å². The van der Waals surface area contributed by atoms with Crippen molar-refractivity contribution in [2.45, 2.75) is 58.6 Å². The van der Waals surface area contributed by atoms with Crippen LogP contribution in [0.25, 0.3) is 0 Å². The number of hydrogen-bond acceptors (Lipinski definition) is 5. The van der Waals surface area contributed by atoms with Gasteiger partial charge in [0.1, 0.15) is 18.4 Å². The highest BCUT2D eigenvalue weighted by atomic mass is 16.5. The zero-order valence-corrected chi connectivity index (χ0v) is 18.2. The van der Waals surface area contributed by atoms with Crippen molar-refractivity contribution in [3.8, 4) is 5.75 Å². The van der Waals surface area contributed by atoms with Crippen LogP contribution in [0.5, 0.6) is 5.75 Å². The Kier molecular flexibility index (Phi) is 10.1. The third-order valence-electron chi connectivity index (χ3n) is 5.05. The van der Waals surface area contributed by atoms with Crippen LogP contribution in [0, 0.1) is 5.92 Å². The molecule has 0 aliphatic heterocycles. The van der Waals surface area contributed by atoms with Gasteiger partial charge < -0.3 is 14.8 Å². The number of esters is 2. The second-order valence-corrected chi connectivity index (χ2v) is 7.48. The van der Waals surface area contributed by atoms with E-state index in [4.69, 9.17) is 9.47 Å². The van der Waals surface area contributed by atoms with E-state index >= 15 is 0 Å². The molecule has 0 amide bonds. The van der Waals surface area contributed by atoms with Gasteiger partial charge in [-0.05, 0) is 49.6 Å². The Bertz CT molecular complexity index is 767. The highest BCUT2D eigenvalue weighted by Gasteiger charge is 2.20. The van der Waals surface area contributed by atoms with Gasteiger partial charge in [-0.2, -0.15) is 0 Å². The van der Waals surface area contributed by atoms with Crippen LogP contribution in [0.3, 0.4) is 0 Å². The van der Waals surface area contributed by atoms with Gasteiger partial charge in [-0.1, -0.05) is 69.2 Å². The number of hydrogen-bond donors (Lipinski definition) is 1. The molecular formula is C25H33NO4. The molecule has 0 aliphatic carbocycles. The van der Waals surface area contributed by atoms with E-state index in [9.17, 15) is 9.59 Å². The van der Waals surface area contributed by atoms with Crippen LogP contribution in [0.2, 0.25) is 0 Å². The maximum Gasteiger partial charge on any atom is 0.323 e. The predicted octanol–water partition coefficient (Wildman–Crippen LogP) is 4.68. The molecular weight excluding hydrogens is 378 g/mol. The monoisotopic (exact) mass is 411 g/mol. The second-order valence-electron chi connectivity index (χ2n) is 7.48. The van der Waals surface area contributed by atoms with E-state index < -0.39 is 6.04 Å². The Hall–Kier alpha value is -2.66. The first-order valence-corrected chi connectivity index (χ1v) is 10.8. The van der Waals surface area contributed by atoms with Crippen LogP contribution in [-0.2, 0) is 27.4 Å². The van der Waals surface area contributed by atoms with Gasteiger partial charge in [-0.25, -0.2) is 0 Å². The molecule has 0 fully saturated rings. The fraction of sp³-hybridized carbons (Fsp3) is 0.440. The van der Waals surface area contributed by atoms with Crippen molar-refractivity contribution < 1.29 is 19.1 Å². The number of likely N-dealkylation sites (N-methyl/N-ethyl adjacent to an activating group) is 1. The average molecular weight is 412 g/mol. The van der Waals surface area contributed by atoms with Crippen molar-refractivity contribution in [2.75, 3.05) is 7.05 Å². The van der Waals surface area contributed by atoms with Crippen LogP contribution in [-0.4, -0.2) is 25.0 Å². The van der Waals surface area contributed by atoms with Crippen molar-refractivity contribution in [1.29, 1.82) is 0 Å². The van der Waals surface area contributed by atoms with Crippen LogP contribution in [0.15, 0.2) is 54.6 Å². The second kappa shape index (κ2) is 12.8. The van der Waals surface area contributed by atoms with E-state index in [-0.39, 0.29) is 24.5 Å². The molecule has 0 aliphatic rings. The minimum absolute atomic E-state index is 0.0484. The van der Waals surface area contributed by atoms with E-state index in [1.54, 1.807) is 19.2 Å². The summed E-state index contributed by atoms with van der Waals surface area (Å²) < 4.78 is 11.0. The molecule has 0 heterocycles. The fourth-order valence-corrected chi connectivity index (χ4v) is 3.34. The predicted molar refractivity (Wildman–Crippen MR) is 118 cm³/mol. The highest BCUT2D eigenvalue weighted by Crippen LogP contribution is 2.20. The standard InChI is InChI=1S/C25H33NO4/c1-4-9-21(10-5-2)24(27)30-22-15-13-19(14-16-22)17-23(26-3)25(28)29-18-20-11-7-6-8-12-20/h6-8,11-16,21,23,26H,4-5,9-10,17-18H2,1-3H3/t23-/m0/s1. The van der Waals surface area contributed by atoms with Crippen molar-refractivity contribution in [2.24, 2.45) is 5.92 Å². The van der Waals surface area contributed by atoms with Gasteiger partial charge >= 0.3 is 11.9 Å². The summed E-state index contributed by atoms with van der Waals surface area (Å²) in [7, 11) is 1.74. The molecule has 5 heteroatoms. The maximum atomic E-state index is 12.4. The third kappa shape index (κ3) is 7.64. The Morgan fingerprint density at radius 3 is 2.07 bits per heavy atom. The third-order valence-corrected chi connectivity index (χ3v) is 5.05. The van der Waals surface area contributed by atoms with E-state index in [0.717, 1.165) is 36.8 Å². The minimum Gasteiger partial charge on any atom is -0.460 e. The van der Waals surface area contributed by atoms with Gasteiger partial charge in [0.15, 0.2) is 0 Å². The molecule has 1 atom stereocenters. The van der Waals surface area contributed by atoms with Crippen molar-refractivity contribution in [1.82, 2.24) is 5.32 Å². The lowest BCUT2D eigenvalue weighted by molar-refractivity contribution is -0.147. The molecule has 0 spiro atoms. The lowest BCUT2D eigenvalue weighted by Gasteiger charge is -2.16. The largest absolute Gasteiger partial charge is 0.460 e. The van der Waals surface area contributed by atoms with Crippen LogP contribution < -0.4 is 10.1 Å². The Morgan fingerprint density at radius 2 is 1.50 bits per heavy atom. The first-order chi connectivity index (χ1) is 14.6. The summed E-state index contributed by atoms with van der Waals surface area (Å²) in [6.07, 6.45) is 4.11. The lowest BCUT2D eigenvalue weighted by atomic mass is 9.98. The molecule has 0 saturated heterocycles. The lowest BCUT2D eigenvalue weighted by Crippen LogP contribution is -2.37. The van der Waals surface area contributed by atoms with Crippen molar-refractivity contribution >= 4 is 11.9 Å². The number of ether oxygens (including phenoxy) is 2. The molecule has 0 radical (unpaired) electrons. The van der Waals surface area contributed by atoms with E-state index in [0.29, 0.717) is 12.2 Å². The number of rotatable bonds is 12. The average Bonchev–Trinajstić information content (AvgIpc) is 2.77. The van der Waals surface area contributed by atoms with Gasteiger partial charge in [0.25, 0.3) is 0 Å². The zero-order valence-electron chi connectivity index (χ0n) is 18.2. The number of carbonyl (C=O) groups is 2. The van der Waals surface area contributed by atoms with Gasteiger partial charge in [0.05, 0.1) is 5.92 Å². The topological polar surface area (TPSA) is 64.6 Å². The molecule has 2 aromatic rings. The zero-order chi connectivity index (χ0) is 21.8. The number of benzene rings is 2. The molecule has 2 aromatic carbocycles. The molecule has 0 unspecified atom stereocenters. The molecule has 0 saturated carbocycles. The summed E-state index contributed by atoms with van der Waals surface area (Å²) in [6.45, 7) is 4.41. The van der Waals surface area contributed by atoms with Gasteiger partial charge in [0, 0.05) is 0 Å². The minimum atomic E-state index is -0.444. The number of nitrogens with one attached hydrogen (secondary N) is 1. The SMILES string of the molecule is CCCC(CCC)C(=O)Oc1ccc(C[C@H](NC)C(=O)OCc2ccccc2)cc1. The summed E-state index contributed by atoms with van der Waals surface area (Å²) in [5.74, 6) is 0.0317. The fourth-order valence-electron chi connectivity index (χ4n) is 3.34. The van der Waals surface area contributed by atoms with Gasteiger partial charge in [0.2, 0.25) is 0 Å². The Morgan fingerprint density at radius 1 is 0.867 bits per heavy atom. The summed E-state index contributed by atoms with van der Waals surface area (Å²) in [6, 6.07) is 16.5. The normalized spacial score (nSPS) is 11.9. The van der Waals surface area contributed by atoms with E-state index in [1.807, 2.05) is 42.5 Å². The van der Waals surface area contributed by atoms with E-state index in [1.165, 1.54) is 0 Å². The molecule has 30 heavy (non-hydrogen) atoms. The molecule has 5 nitrogen and oxygen atoms in total. The quantitative estimate of drug-likeness (QED) is 0.406. The first kappa shape index (κ1) is 23.6. The molecule has 0 bridgehead atoms. The molecule has 1 N–H and O–H groups in total. The molecule has 0 aromatic heterocycles. The molecule has 162 valence electrons. The summed E-state index contributed by atoms with van der Waals surface area (Å²) in [4.78, 5) is 24.8. The summed E-state index contributed by atoms with van der Waals surface area (Å²) in [5.41, 5.74) is 1.92. The maximum absolute atomic E-state index is 12.4. The smallest absolute Gasteiger partial charge is 0.323 e. The van der Waals surface area contributed by atoms with Gasteiger partial charge in [-0.3, -0.25) is 9.59 Å². The molecule has 2 rings (SSSR count). The van der Waals surface area contributed by atoms with Crippen LogP contribution in [0.1, 0.15) is 50.7 Å². The highest BCUT2D eigenvalue weighted by molar-refractivity contribution is 5.76. The Balaban J connectivity index is 1.89.